The lowest BCUT2D eigenvalue weighted by atomic mass is 10.3. The SMILES string of the molecule is [2H]C(OCF)(C(F)(F)F)C(F)(F)F. The summed E-state index contributed by atoms with van der Waals surface area (Å²) >= 11 is 0. The van der Waals surface area contributed by atoms with E-state index in [9.17, 15) is 30.7 Å². The summed E-state index contributed by atoms with van der Waals surface area (Å²) in [5.74, 6) is 0. The van der Waals surface area contributed by atoms with E-state index in [4.69, 9.17) is 1.37 Å². The molecule has 12 heavy (non-hydrogen) atoms. The normalized spacial score (nSPS) is 16.1. The summed E-state index contributed by atoms with van der Waals surface area (Å²) in [5, 5.41) is 0. The van der Waals surface area contributed by atoms with Crippen LogP contribution >= 0.6 is 0 Å². The minimum atomic E-state index is -6.03. The van der Waals surface area contributed by atoms with Crippen molar-refractivity contribution < 1.29 is 36.8 Å². The molecule has 0 radical (unpaired) electrons. The van der Waals surface area contributed by atoms with Crippen molar-refractivity contribution in [2.24, 2.45) is 0 Å². The van der Waals surface area contributed by atoms with Gasteiger partial charge in [-0.2, -0.15) is 26.3 Å². The molecule has 0 heterocycles. The highest BCUT2D eigenvalue weighted by Gasteiger charge is 2.58. The van der Waals surface area contributed by atoms with Crippen molar-refractivity contribution in [2.75, 3.05) is 6.86 Å². The quantitative estimate of drug-likeness (QED) is 0.623. The molecule has 0 N–H and O–H groups in total. The highest BCUT2D eigenvalue weighted by Crippen LogP contribution is 2.35. The van der Waals surface area contributed by atoms with Crippen molar-refractivity contribution >= 4 is 0 Å². The molecule has 0 aromatic carbocycles. The minimum absolute atomic E-state index is 2.34. The molecule has 0 saturated heterocycles. The first kappa shape index (κ1) is 9.56. The first-order valence-electron chi connectivity index (χ1n) is 2.89. The molecular formula is C4H3F7O. The smallest absolute Gasteiger partial charge is 0.329 e. The standard InChI is InChI=1S/C4H3F7O/c5-1-12-2(3(6,7)8)4(9,10)11/h2H,1H2/i2D. The molecule has 0 spiro atoms. The summed E-state index contributed by atoms with van der Waals surface area (Å²) in [4.78, 5) is 0. The van der Waals surface area contributed by atoms with Crippen LogP contribution in [0.15, 0.2) is 0 Å². The number of ether oxygens (including phenoxy) is 1. The highest BCUT2D eigenvalue weighted by molar-refractivity contribution is 4.75. The molecule has 1 nitrogen and oxygen atoms in total. The zero-order valence-electron chi connectivity index (χ0n) is 6.26. The van der Waals surface area contributed by atoms with E-state index < -0.39 is 25.3 Å². The second-order valence-electron chi connectivity index (χ2n) is 1.58. The van der Waals surface area contributed by atoms with Gasteiger partial charge in [-0.3, -0.25) is 0 Å². The lowest BCUT2D eigenvalue weighted by Gasteiger charge is -2.21. The predicted molar refractivity (Wildman–Crippen MR) is 23.0 cm³/mol. The van der Waals surface area contributed by atoms with Gasteiger partial charge in [-0.15, -0.1) is 0 Å². The summed E-state index contributed by atoms with van der Waals surface area (Å²) in [6.07, 6.45) is -17.3. The van der Waals surface area contributed by atoms with Gasteiger partial charge in [0, 0.05) is 0 Å². The molecule has 0 rings (SSSR count). The fraction of sp³-hybridized carbons (Fsp3) is 1.00. The maximum absolute atomic E-state index is 11.6. The van der Waals surface area contributed by atoms with Crippen LogP contribution in [0.1, 0.15) is 1.37 Å². The Labute approximate surface area is 63.5 Å². The third-order valence-electron chi connectivity index (χ3n) is 0.714. The largest absolute Gasteiger partial charge is 0.423 e. The molecule has 0 unspecified atom stereocenters. The van der Waals surface area contributed by atoms with E-state index in [0.717, 1.165) is 0 Å². The molecule has 0 amide bonds. The van der Waals surface area contributed by atoms with E-state index in [1.807, 2.05) is 0 Å². The van der Waals surface area contributed by atoms with Gasteiger partial charge < -0.3 is 4.74 Å². The van der Waals surface area contributed by atoms with Crippen LogP contribution in [0.3, 0.4) is 0 Å². The fourth-order valence-corrected chi connectivity index (χ4v) is 0.379. The fourth-order valence-electron chi connectivity index (χ4n) is 0.379. The third-order valence-corrected chi connectivity index (χ3v) is 0.714. The Hall–Kier alpha value is -0.530. The van der Waals surface area contributed by atoms with Gasteiger partial charge >= 0.3 is 12.4 Å². The molecule has 0 fully saturated rings. The molecule has 0 aromatic rings. The van der Waals surface area contributed by atoms with Crippen molar-refractivity contribution in [3.8, 4) is 0 Å². The Kier molecular flexibility index (Phi) is 2.76. The molecule has 0 bridgehead atoms. The van der Waals surface area contributed by atoms with Crippen LogP contribution in [0.4, 0.5) is 30.7 Å². The number of hydrogen-bond acceptors (Lipinski definition) is 1. The Morgan fingerprint density at radius 2 is 1.42 bits per heavy atom. The molecule has 0 aromatic heterocycles. The van der Waals surface area contributed by atoms with Gasteiger partial charge in [0.15, 0.2) is 6.86 Å². The summed E-state index contributed by atoms with van der Waals surface area (Å²) in [5.41, 5.74) is 0. The van der Waals surface area contributed by atoms with Crippen molar-refractivity contribution in [1.82, 2.24) is 0 Å². The van der Waals surface area contributed by atoms with Gasteiger partial charge in [-0.05, 0) is 0 Å². The Bertz CT molecular complexity index is 158. The van der Waals surface area contributed by atoms with Gasteiger partial charge in [0.2, 0.25) is 0 Å². The number of hydrogen-bond donors (Lipinski definition) is 0. The lowest BCUT2D eigenvalue weighted by Crippen LogP contribution is -2.44. The van der Waals surface area contributed by atoms with E-state index >= 15 is 0 Å². The van der Waals surface area contributed by atoms with Crippen molar-refractivity contribution in [3.05, 3.63) is 0 Å². The Morgan fingerprint density at radius 3 is 1.50 bits per heavy atom. The molecule has 74 valence electrons. The molecule has 0 saturated carbocycles. The molecular weight excluding hydrogens is 197 g/mol. The van der Waals surface area contributed by atoms with Crippen LogP contribution in [0, 0.1) is 0 Å². The zero-order chi connectivity index (χ0) is 10.9. The molecule has 0 aliphatic rings. The third kappa shape index (κ3) is 3.24. The monoisotopic (exact) mass is 201 g/mol. The van der Waals surface area contributed by atoms with E-state index in [1.54, 1.807) is 0 Å². The molecule has 0 atom stereocenters. The summed E-state index contributed by atoms with van der Waals surface area (Å²) in [7, 11) is 0. The van der Waals surface area contributed by atoms with Crippen LogP contribution in [0.25, 0.3) is 0 Å². The topological polar surface area (TPSA) is 9.23 Å². The van der Waals surface area contributed by atoms with E-state index in [2.05, 4.69) is 4.74 Å². The second kappa shape index (κ2) is 3.46. The number of alkyl halides is 7. The minimum Gasteiger partial charge on any atom is -0.329 e. The highest BCUT2D eigenvalue weighted by atomic mass is 19.4. The van der Waals surface area contributed by atoms with Crippen molar-refractivity contribution in [2.45, 2.75) is 18.4 Å². The predicted octanol–water partition coefficient (Wildman–Crippen LogP) is 2.42. The van der Waals surface area contributed by atoms with E-state index in [1.165, 1.54) is 0 Å². The Morgan fingerprint density at radius 1 is 1.08 bits per heavy atom. The van der Waals surface area contributed by atoms with Crippen molar-refractivity contribution in [3.63, 3.8) is 0 Å². The number of rotatable bonds is 2. The van der Waals surface area contributed by atoms with Crippen LogP contribution in [0.5, 0.6) is 0 Å². The Balaban J connectivity index is 4.96. The first-order valence-corrected chi connectivity index (χ1v) is 2.39. The second-order valence-corrected chi connectivity index (χ2v) is 1.58. The van der Waals surface area contributed by atoms with Gasteiger partial charge in [0.05, 0.1) is 1.37 Å². The summed E-state index contributed by atoms with van der Waals surface area (Å²) < 4.78 is 89.4. The van der Waals surface area contributed by atoms with Gasteiger partial charge in [0.25, 0.3) is 6.08 Å². The van der Waals surface area contributed by atoms with E-state index in [-0.39, 0.29) is 0 Å². The average molecular weight is 201 g/mol. The zero-order valence-corrected chi connectivity index (χ0v) is 5.26. The van der Waals surface area contributed by atoms with Gasteiger partial charge in [-0.1, -0.05) is 0 Å². The van der Waals surface area contributed by atoms with Crippen molar-refractivity contribution in [1.29, 1.82) is 0 Å². The number of halogens is 7. The summed E-state index contributed by atoms with van der Waals surface area (Å²) in [6, 6.07) is 0. The van der Waals surface area contributed by atoms with Gasteiger partial charge in [-0.25, -0.2) is 4.39 Å². The average Bonchev–Trinajstić information content (AvgIpc) is 1.82. The maximum atomic E-state index is 11.6. The lowest BCUT2D eigenvalue weighted by molar-refractivity contribution is -0.327. The van der Waals surface area contributed by atoms with Crippen LogP contribution < -0.4 is 0 Å². The van der Waals surface area contributed by atoms with Gasteiger partial charge in [0.1, 0.15) is 0 Å². The maximum Gasteiger partial charge on any atom is 0.423 e. The molecule has 0 aliphatic carbocycles. The van der Waals surface area contributed by atoms with Crippen LogP contribution in [0.2, 0.25) is 0 Å². The molecule has 8 heteroatoms. The first-order chi connectivity index (χ1) is 5.56. The van der Waals surface area contributed by atoms with E-state index in [0.29, 0.717) is 0 Å². The molecule has 0 aliphatic heterocycles. The summed E-state index contributed by atoms with van der Waals surface area (Å²) in [6.45, 7) is -2.34. The van der Waals surface area contributed by atoms with Crippen LogP contribution in [-0.2, 0) is 4.74 Å². The van der Waals surface area contributed by atoms with Crippen LogP contribution in [-0.4, -0.2) is 25.3 Å².